The van der Waals surface area contributed by atoms with E-state index in [0.717, 1.165) is 57.9 Å². The SMILES string of the molecule is CC.NCCCCN1CCN(c2cccc(C(F)(F)F)n2)CC1.OC1CCCN1. The second-order valence-corrected chi connectivity index (χ2v) is 6.82. The van der Waals surface area contributed by atoms with E-state index in [1.165, 1.54) is 6.07 Å². The first-order chi connectivity index (χ1) is 13.9. The van der Waals surface area contributed by atoms with E-state index in [4.69, 9.17) is 10.8 Å². The number of hydrogen-bond acceptors (Lipinski definition) is 6. The molecule has 0 radical (unpaired) electrons. The van der Waals surface area contributed by atoms with Crippen molar-refractivity contribution in [1.29, 1.82) is 0 Å². The number of nitrogens with two attached hydrogens (primary N) is 1. The van der Waals surface area contributed by atoms with Crippen LogP contribution in [0.5, 0.6) is 0 Å². The molecule has 9 heteroatoms. The van der Waals surface area contributed by atoms with Crippen LogP contribution in [0.3, 0.4) is 0 Å². The molecule has 0 saturated carbocycles. The van der Waals surface area contributed by atoms with Crippen LogP contribution >= 0.6 is 0 Å². The van der Waals surface area contributed by atoms with Gasteiger partial charge in [-0.25, -0.2) is 4.98 Å². The fourth-order valence-corrected chi connectivity index (χ4v) is 3.10. The van der Waals surface area contributed by atoms with Gasteiger partial charge in [-0.2, -0.15) is 13.2 Å². The second kappa shape index (κ2) is 13.7. The molecule has 1 unspecified atom stereocenters. The summed E-state index contributed by atoms with van der Waals surface area (Å²) >= 11 is 0. The molecule has 0 amide bonds. The lowest BCUT2D eigenvalue weighted by Gasteiger charge is -2.35. The summed E-state index contributed by atoms with van der Waals surface area (Å²) in [4.78, 5) is 7.96. The zero-order chi connectivity index (χ0) is 21.7. The van der Waals surface area contributed by atoms with Crippen molar-refractivity contribution in [2.75, 3.05) is 50.7 Å². The molecule has 2 aliphatic rings. The highest BCUT2D eigenvalue weighted by Crippen LogP contribution is 2.29. The minimum atomic E-state index is -4.39. The Hall–Kier alpha value is -1.42. The monoisotopic (exact) mass is 419 g/mol. The van der Waals surface area contributed by atoms with Crippen LogP contribution in [-0.2, 0) is 6.18 Å². The number of pyridine rings is 1. The molecule has 2 fully saturated rings. The van der Waals surface area contributed by atoms with Crippen molar-refractivity contribution >= 4 is 5.82 Å². The molecule has 0 aromatic carbocycles. The van der Waals surface area contributed by atoms with Gasteiger partial charge in [0, 0.05) is 26.2 Å². The maximum absolute atomic E-state index is 12.7. The summed E-state index contributed by atoms with van der Waals surface area (Å²) in [5.74, 6) is 0.409. The summed E-state index contributed by atoms with van der Waals surface area (Å²) in [7, 11) is 0. The van der Waals surface area contributed by atoms with E-state index in [0.29, 0.717) is 25.5 Å². The summed E-state index contributed by atoms with van der Waals surface area (Å²) < 4.78 is 38.0. The van der Waals surface area contributed by atoms with Crippen molar-refractivity contribution < 1.29 is 18.3 Å². The minimum Gasteiger partial charge on any atom is -0.379 e. The molecular weight excluding hydrogens is 383 g/mol. The van der Waals surface area contributed by atoms with Crippen molar-refractivity contribution in [2.45, 2.75) is 51.9 Å². The smallest absolute Gasteiger partial charge is 0.379 e. The van der Waals surface area contributed by atoms with E-state index < -0.39 is 11.9 Å². The van der Waals surface area contributed by atoms with Gasteiger partial charge in [0.15, 0.2) is 0 Å². The van der Waals surface area contributed by atoms with Crippen LogP contribution in [0.4, 0.5) is 19.0 Å². The number of nitrogens with zero attached hydrogens (tertiary/aromatic N) is 3. The summed E-state index contributed by atoms with van der Waals surface area (Å²) in [5, 5.41) is 11.5. The Kier molecular flexibility index (Phi) is 12.1. The number of hydrogen-bond donors (Lipinski definition) is 3. The van der Waals surface area contributed by atoms with Gasteiger partial charge < -0.3 is 15.7 Å². The molecule has 0 bridgehead atoms. The summed E-state index contributed by atoms with van der Waals surface area (Å²) in [6.45, 7) is 9.80. The Morgan fingerprint density at radius 1 is 1.17 bits per heavy atom. The zero-order valence-corrected chi connectivity index (χ0v) is 17.6. The van der Waals surface area contributed by atoms with Crippen molar-refractivity contribution in [3.63, 3.8) is 0 Å². The lowest BCUT2D eigenvalue weighted by Crippen LogP contribution is -2.47. The van der Waals surface area contributed by atoms with E-state index in [-0.39, 0.29) is 6.23 Å². The van der Waals surface area contributed by atoms with Gasteiger partial charge in [-0.1, -0.05) is 19.9 Å². The lowest BCUT2D eigenvalue weighted by molar-refractivity contribution is -0.141. The van der Waals surface area contributed by atoms with Crippen LogP contribution in [0, 0.1) is 0 Å². The molecule has 0 spiro atoms. The number of alkyl halides is 3. The van der Waals surface area contributed by atoms with Crippen molar-refractivity contribution in [2.24, 2.45) is 5.73 Å². The highest BCUT2D eigenvalue weighted by molar-refractivity contribution is 5.40. The molecule has 0 aliphatic carbocycles. The quantitative estimate of drug-likeness (QED) is 0.637. The minimum absolute atomic E-state index is 0.204. The van der Waals surface area contributed by atoms with E-state index in [1.54, 1.807) is 6.07 Å². The summed E-state index contributed by atoms with van der Waals surface area (Å²) in [6.07, 6.45) is -0.459. The Morgan fingerprint density at radius 2 is 1.86 bits per heavy atom. The average molecular weight is 420 g/mol. The number of aromatic nitrogens is 1. The van der Waals surface area contributed by atoms with E-state index in [2.05, 4.69) is 15.2 Å². The fourth-order valence-electron chi connectivity index (χ4n) is 3.10. The molecule has 6 nitrogen and oxygen atoms in total. The molecule has 3 rings (SSSR count). The second-order valence-electron chi connectivity index (χ2n) is 6.82. The highest BCUT2D eigenvalue weighted by Gasteiger charge is 2.33. The molecule has 168 valence electrons. The first kappa shape index (κ1) is 25.6. The first-order valence-corrected chi connectivity index (χ1v) is 10.5. The number of nitrogens with one attached hydrogen (secondary N) is 1. The van der Waals surface area contributed by atoms with Crippen molar-refractivity contribution in [1.82, 2.24) is 15.2 Å². The van der Waals surface area contributed by atoms with Crippen LogP contribution in [0.2, 0.25) is 0 Å². The Labute approximate surface area is 172 Å². The van der Waals surface area contributed by atoms with Gasteiger partial charge in [0.25, 0.3) is 0 Å². The molecule has 2 saturated heterocycles. The maximum Gasteiger partial charge on any atom is 0.433 e. The van der Waals surface area contributed by atoms with Crippen LogP contribution in [0.15, 0.2) is 18.2 Å². The third-order valence-electron chi connectivity index (χ3n) is 4.68. The molecule has 1 atom stereocenters. The third-order valence-corrected chi connectivity index (χ3v) is 4.68. The fraction of sp³-hybridized carbons (Fsp3) is 0.750. The van der Waals surface area contributed by atoms with E-state index >= 15 is 0 Å². The molecule has 1 aromatic heterocycles. The third kappa shape index (κ3) is 9.75. The van der Waals surface area contributed by atoms with Gasteiger partial charge >= 0.3 is 6.18 Å². The summed E-state index contributed by atoms with van der Waals surface area (Å²) in [6, 6.07) is 4.06. The Morgan fingerprint density at radius 3 is 2.34 bits per heavy atom. The molecule has 2 aliphatic heterocycles. The van der Waals surface area contributed by atoms with Gasteiger partial charge in [0.2, 0.25) is 0 Å². The number of unbranched alkanes of at least 4 members (excludes halogenated alkanes) is 1. The number of piperazine rings is 1. The standard InChI is InChI=1S/C14H21F3N4.C4H9NO.C2H6/c15-14(16,17)12-4-3-5-13(19-12)21-10-8-20(9-11-21)7-2-1-6-18;6-4-2-1-3-5-4;1-2/h3-5H,1-2,6-11,18H2;4-6H,1-3H2;1-2H3. The van der Waals surface area contributed by atoms with E-state index in [1.807, 2.05) is 18.7 Å². The Balaban J connectivity index is 0.000000442. The number of anilines is 1. The predicted molar refractivity (Wildman–Crippen MR) is 111 cm³/mol. The average Bonchev–Trinajstić information content (AvgIpc) is 3.21. The zero-order valence-electron chi connectivity index (χ0n) is 17.6. The van der Waals surface area contributed by atoms with Crippen molar-refractivity contribution in [3.05, 3.63) is 23.9 Å². The predicted octanol–water partition coefficient (Wildman–Crippen LogP) is 2.68. The normalized spacial score (nSPS) is 19.8. The van der Waals surface area contributed by atoms with Crippen molar-refractivity contribution in [3.8, 4) is 0 Å². The van der Waals surface area contributed by atoms with Crippen LogP contribution in [-0.4, -0.2) is 67.0 Å². The highest BCUT2D eigenvalue weighted by atomic mass is 19.4. The van der Waals surface area contributed by atoms with Gasteiger partial charge in [-0.3, -0.25) is 10.2 Å². The van der Waals surface area contributed by atoms with E-state index in [9.17, 15) is 13.2 Å². The van der Waals surface area contributed by atoms with Crippen LogP contribution in [0.1, 0.15) is 45.2 Å². The molecular formula is C20H36F3N5O. The molecule has 1 aromatic rings. The number of aliphatic hydroxyl groups excluding tert-OH is 1. The van der Waals surface area contributed by atoms with Gasteiger partial charge in [-0.05, 0) is 57.5 Å². The molecule has 3 heterocycles. The largest absolute Gasteiger partial charge is 0.433 e. The number of aliphatic hydroxyl groups is 1. The maximum atomic E-state index is 12.7. The van der Waals surface area contributed by atoms with Crippen LogP contribution < -0.4 is 16.0 Å². The summed E-state index contributed by atoms with van der Waals surface area (Å²) in [5.41, 5.74) is 4.64. The van der Waals surface area contributed by atoms with Gasteiger partial charge in [-0.15, -0.1) is 0 Å². The van der Waals surface area contributed by atoms with Gasteiger partial charge in [0.1, 0.15) is 17.7 Å². The molecule has 4 N–H and O–H groups in total. The Bertz CT molecular complexity index is 545. The van der Waals surface area contributed by atoms with Gasteiger partial charge in [0.05, 0.1) is 0 Å². The van der Waals surface area contributed by atoms with Crippen LogP contribution in [0.25, 0.3) is 0 Å². The molecule has 29 heavy (non-hydrogen) atoms. The first-order valence-electron chi connectivity index (χ1n) is 10.5. The number of halogens is 3. The number of rotatable bonds is 5. The topological polar surface area (TPSA) is 77.7 Å². The lowest BCUT2D eigenvalue weighted by atomic mass is 10.2.